The van der Waals surface area contributed by atoms with Gasteiger partial charge in [-0.05, 0) is 0 Å². The molecule has 0 aromatic carbocycles. The summed E-state index contributed by atoms with van der Waals surface area (Å²) in [5.41, 5.74) is 0. The molecular formula is C2Cl2FO. The molecule has 0 atom stereocenters. The van der Waals surface area contributed by atoms with Gasteiger partial charge in [0.05, 0.1) is 0 Å². The van der Waals surface area contributed by atoms with Crippen LogP contribution in [0.2, 0.25) is 0 Å². The predicted molar refractivity (Wildman–Crippen MR) is 20.5 cm³/mol. The molecule has 0 heterocycles. The van der Waals surface area contributed by atoms with Gasteiger partial charge in [0.2, 0.25) is 0 Å². The van der Waals surface area contributed by atoms with Crippen LogP contribution in [0.3, 0.4) is 0 Å². The van der Waals surface area contributed by atoms with Crippen molar-refractivity contribution < 1.29 is 9.50 Å². The van der Waals surface area contributed by atoms with Crippen molar-refractivity contribution in [3.8, 4) is 0 Å². The Morgan fingerprint density at radius 3 is 1.67 bits per heavy atom. The molecule has 0 aromatic heterocycles. The Morgan fingerprint density at radius 2 is 1.67 bits per heavy atom. The summed E-state index contributed by atoms with van der Waals surface area (Å²) in [5.74, 6) is 0. The maximum absolute atomic E-state index is 10.9. The first-order valence-electron chi connectivity index (χ1n) is 1.02. The van der Waals surface area contributed by atoms with Gasteiger partial charge in [0.25, 0.3) is 0 Å². The van der Waals surface area contributed by atoms with Gasteiger partial charge in [-0.25, -0.2) is 0 Å². The first-order valence-corrected chi connectivity index (χ1v) is 1.78. The molecule has 0 spiro atoms. The van der Waals surface area contributed by atoms with E-state index in [1.807, 2.05) is 0 Å². The summed E-state index contributed by atoms with van der Waals surface area (Å²) in [4.78, 5) is 0. The number of rotatable bonds is 0. The van der Waals surface area contributed by atoms with Gasteiger partial charge in [0, 0.05) is 0 Å². The summed E-state index contributed by atoms with van der Waals surface area (Å²) in [6.07, 6.45) is 0. The van der Waals surface area contributed by atoms with E-state index in [0.717, 1.165) is 0 Å². The van der Waals surface area contributed by atoms with Crippen molar-refractivity contribution in [3.05, 3.63) is 10.5 Å². The van der Waals surface area contributed by atoms with Crippen LogP contribution in [0.1, 0.15) is 0 Å². The van der Waals surface area contributed by atoms with E-state index in [9.17, 15) is 9.50 Å². The van der Waals surface area contributed by atoms with Gasteiger partial charge >= 0.3 is 6.01 Å². The fourth-order valence-corrected chi connectivity index (χ4v) is 0. The number of hydrogen-bond donors (Lipinski definition) is 0. The van der Waals surface area contributed by atoms with Gasteiger partial charge in [-0.15, -0.1) is 0 Å². The van der Waals surface area contributed by atoms with E-state index >= 15 is 0 Å². The maximum Gasteiger partial charge on any atom is 0.354 e. The molecule has 35 valence electrons. The molecule has 0 fully saturated rings. The van der Waals surface area contributed by atoms with E-state index in [0.29, 0.717) is 0 Å². The van der Waals surface area contributed by atoms with Crippen molar-refractivity contribution >= 4 is 23.2 Å². The molecule has 0 aliphatic rings. The first kappa shape index (κ1) is 6.05. The average Bonchev–Trinajstić information content (AvgIpc) is 1.36. The van der Waals surface area contributed by atoms with Crippen molar-refractivity contribution in [2.45, 2.75) is 0 Å². The minimum atomic E-state index is -1.79. The molecule has 0 bridgehead atoms. The van der Waals surface area contributed by atoms with Gasteiger partial charge in [-0.1, -0.05) is 23.2 Å². The molecular weight excluding hydrogens is 130 g/mol. The SMILES string of the molecule is [O]C(F)=C(Cl)Cl. The van der Waals surface area contributed by atoms with E-state index in [-0.39, 0.29) is 0 Å². The van der Waals surface area contributed by atoms with Crippen LogP contribution in [0.5, 0.6) is 0 Å². The van der Waals surface area contributed by atoms with Crippen molar-refractivity contribution in [1.29, 1.82) is 0 Å². The molecule has 1 radical (unpaired) electrons. The Morgan fingerprint density at radius 1 is 1.50 bits per heavy atom. The third kappa shape index (κ3) is 2.30. The molecule has 0 aromatic rings. The van der Waals surface area contributed by atoms with Crippen LogP contribution in [0.4, 0.5) is 4.39 Å². The van der Waals surface area contributed by atoms with Crippen molar-refractivity contribution in [3.63, 3.8) is 0 Å². The topological polar surface area (TPSA) is 19.9 Å². The summed E-state index contributed by atoms with van der Waals surface area (Å²) in [6, 6.07) is -1.79. The molecule has 0 unspecified atom stereocenters. The molecule has 0 saturated heterocycles. The molecule has 6 heavy (non-hydrogen) atoms. The molecule has 0 N–H and O–H groups in total. The highest BCUT2D eigenvalue weighted by molar-refractivity contribution is 6.55. The Labute approximate surface area is 44.0 Å². The Bertz CT molecular complexity index is 61.6. The zero-order chi connectivity index (χ0) is 5.15. The highest BCUT2D eigenvalue weighted by atomic mass is 35.5. The lowest BCUT2D eigenvalue weighted by Gasteiger charge is -1.71. The van der Waals surface area contributed by atoms with Gasteiger partial charge in [-0.3, -0.25) is 5.11 Å². The summed E-state index contributed by atoms with van der Waals surface area (Å²) < 4.78 is 10.0. The molecule has 0 rings (SSSR count). The molecule has 0 amide bonds. The van der Waals surface area contributed by atoms with Gasteiger partial charge in [-0.2, -0.15) is 4.39 Å². The third-order valence-corrected chi connectivity index (χ3v) is 0.446. The highest BCUT2D eigenvalue weighted by Crippen LogP contribution is 2.11. The van der Waals surface area contributed by atoms with Crippen LogP contribution in [0.25, 0.3) is 0 Å². The van der Waals surface area contributed by atoms with E-state index < -0.39 is 10.5 Å². The average molecular weight is 130 g/mol. The van der Waals surface area contributed by atoms with E-state index in [1.165, 1.54) is 0 Å². The van der Waals surface area contributed by atoms with Crippen LogP contribution in [-0.4, -0.2) is 0 Å². The largest absolute Gasteiger partial charge is 0.354 e. The summed E-state index contributed by atoms with van der Waals surface area (Å²) in [5, 5.41) is 9.18. The van der Waals surface area contributed by atoms with Crippen molar-refractivity contribution in [1.82, 2.24) is 0 Å². The van der Waals surface area contributed by atoms with Crippen LogP contribution in [0, 0.1) is 0 Å². The predicted octanol–water partition coefficient (Wildman–Crippen LogP) is 1.99. The number of hydrogen-bond acceptors (Lipinski definition) is 0. The molecule has 1 nitrogen and oxygen atoms in total. The van der Waals surface area contributed by atoms with Crippen molar-refractivity contribution in [2.75, 3.05) is 0 Å². The van der Waals surface area contributed by atoms with Gasteiger partial charge in [0.15, 0.2) is 4.49 Å². The maximum atomic E-state index is 10.9. The summed E-state index contributed by atoms with van der Waals surface area (Å²) in [6.45, 7) is 0. The standard InChI is InChI=1S/C2Cl2FO/c3-1(4)2(5)6. The second-order valence-electron chi connectivity index (χ2n) is 0.534. The summed E-state index contributed by atoms with van der Waals surface area (Å²) in [7, 11) is 0. The quantitative estimate of drug-likeness (QED) is 0.446. The minimum Gasteiger partial charge on any atom is -0.253 e. The normalized spacial score (nSPS) is 7.83. The molecule has 4 heteroatoms. The minimum absolute atomic E-state index is 0.852. The Balaban J connectivity index is 3.68. The van der Waals surface area contributed by atoms with Crippen LogP contribution >= 0.6 is 23.2 Å². The molecule has 0 aliphatic carbocycles. The van der Waals surface area contributed by atoms with E-state index in [4.69, 9.17) is 0 Å². The summed E-state index contributed by atoms with van der Waals surface area (Å²) >= 11 is 9.14. The van der Waals surface area contributed by atoms with E-state index in [2.05, 4.69) is 23.2 Å². The fraction of sp³-hybridized carbons (Fsp3) is 0. The lowest BCUT2D eigenvalue weighted by molar-refractivity contribution is 0.199. The van der Waals surface area contributed by atoms with E-state index in [1.54, 1.807) is 0 Å². The van der Waals surface area contributed by atoms with Gasteiger partial charge < -0.3 is 0 Å². The second kappa shape index (κ2) is 2.26. The highest BCUT2D eigenvalue weighted by Gasteiger charge is 1.94. The first-order chi connectivity index (χ1) is 2.64. The Kier molecular flexibility index (Phi) is 2.28. The van der Waals surface area contributed by atoms with Crippen LogP contribution in [0.15, 0.2) is 10.5 Å². The monoisotopic (exact) mass is 129 g/mol. The van der Waals surface area contributed by atoms with Crippen LogP contribution in [-0.2, 0) is 5.11 Å². The van der Waals surface area contributed by atoms with Gasteiger partial charge in [0.1, 0.15) is 0 Å². The zero-order valence-corrected chi connectivity index (χ0v) is 4.05. The zero-order valence-electron chi connectivity index (χ0n) is 2.54. The van der Waals surface area contributed by atoms with Crippen LogP contribution < -0.4 is 0 Å². The lowest BCUT2D eigenvalue weighted by atomic mass is 11.1. The lowest BCUT2D eigenvalue weighted by Crippen LogP contribution is -1.59. The smallest absolute Gasteiger partial charge is 0.253 e. The fourth-order valence-electron chi connectivity index (χ4n) is 0. The second-order valence-corrected chi connectivity index (χ2v) is 1.48. The third-order valence-electron chi connectivity index (χ3n) is 0.149. The van der Waals surface area contributed by atoms with Crippen molar-refractivity contribution in [2.24, 2.45) is 0 Å². The molecule has 0 aliphatic heterocycles. The number of halogens is 3. The Hall–Kier alpha value is 0.0500. The molecule has 0 saturated carbocycles.